The number of nitrogens with zero attached hydrogens (tertiary/aromatic N) is 4. The molecule has 2 unspecified atom stereocenters. The van der Waals surface area contributed by atoms with E-state index in [4.69, 9.17) is 0 Å². The fraction of sp³-hybridized carbons (Fsp3) is 0.550. The number of carbonyl (C=O) groups is 3. The zero-order valence-electron chi connectivity index (χ0n) is 17.0. The first-order chi connectivity index (χ1) is 15.0. The summed E-state index contributed by atoms with van der Waals surface area (Å²) in [4.78, 5) is 40.8. The van der Waals surface area contributed by atoms with Crippen molar-refractivity contribution < 1.29 is 19.5 Å². The van der Waals surface area contributed by atoms with Gasteiger partial charge in [0.05, 0.1) is 28.7 Å². The number of rotatable bonds is 6. The molecule has 0 saturated carbocycles. The third kappa shape index (κ3) is 2.86. The van der Waals surface area contributed by atoms with Crippen molar-refractivity contribution in [2.45, 2.75) is 35.5 Å². The number of aliphatic hydroxyl groups is 1. The van der Waals surface area contributed by atoms with Crippen molar-refractivity contribution in [3.8, 4) is 0 Å². The lowest BCUT2D eigenvalue weighted by Crippen LogP contribution is -2.54. The van der Waals surface area contributed by atoms with Gasteiger partial charge in [-0.2, -0.15) is 0 Å². The molecular weight excluding hydrogens is 420 g/mol. The molecule has 1 spiro atoms. The molecule has 164 valence electrons. The summed E-state index contributed by atoms with van der Waals surface area (Å²) in [6.45, 7) is -0.0669. The highest BCUT2D eigenvalue weighted by Gasteiger charge is 2.73. The lowest BCUT2D eigenvalue weighted by molar-refractivity contribution is -0.140. The summed E-state index contributed by atoms with van der Waals surface area (Å²) in [5.74, 6) is -1.67. The Bertz CT molecular complexity index is 1060. The maximum Gasteiger partial charge on any atom is 0.245 e. The van der Waals surface area contributed by atoms with Crippen LogP contribution in [0.15, 0.2) is 24.3 Å². The second-order valence-electron chi connectivity index (χ2n) is 8.20. The van der Waals surface area contributed by atoms with Crippen molar-refractivity contribution in [2.75, 3.05) is 20.2 Å². The lowest BCUT2D eigenvalue weighted by Gasteiger charge is -2.34. The van der Waals surface area contributed by atoms with Crippen LogP contribution in [0.1, 0.15) is 12.8 Å². The topological polar surface area (TPSA) is 129 Å². The summed E-state index contributed by atoms with van der Waals surface area (Å²) in [5, 5.41) is 23.4. The largest absolute Gasteiger partial charge is 0.395 e. The van der Waals surface area contributed by atoms with Crippen molar-refractivity contribution in [3.63, 3.8) is 0 Å². The van der Waals surface area contributed by atoms with E-state index in [1.165, 1.54) is 4.90 Å². The van der Waals surface area contributed by atoms with Crippen LogP contribution in [0.25, 0.3) is 11.0 Å². The molecule has 0 aliphatic carbocycles. The van der Waals surface area contributed by atoms with Gasteiger partial charge in [0.15, 0.2) is 0 Å². The normalized spacial score (nSPS) is 31.3. The van der Waals surface area contributed by atoms with Gasteiger partial charge in [0.2, 0.25) is 17.7 Å². The molecule has 3 aliphatic heterocycles. The number of benzene rings is 1. The van der Waals surface area contributed by atoms with Crippen LogP contribution in [0, 0.1) is 11.8 Å². The molecule has 3 N–H and O–H groups in total. The average molecular weight is 445 g/mol. The Morgan fingerprint density at radius 3 is 2.90 bits per heavy atom. The number of aromatic nitrogens is 3. The van der Waals surface area contributed by atoms with Crippen LogP contribution >= 0.6 is 11.8 Å². The van der Waals surface area contributed by atoms with E-state index in [1.807, 2.05) is 24.3 Å². The molecule has 0 radical (unpaired) electrons. The number of likely N-dealkylation sites (tertiary alicyclic amines) is 1. The van der Waals surface area contributed by atoms with Crippen molar-refractivity contribution in [1.29, 1.82) is 0 Å². The average Bonchev–Trinajstić information content (AvgIpc) is 3.52. The Balaban J connectivity index is 1.43. The summed E-state index contributed by atoms with van der Waals surface area (Å²) in [6, 6.07) is 6.72. The van der Waals surface area contributed by atoms with Crippen LogP contribution in [0.5, 0.6) is 0 Å². The van der Waals surface area contributed by atoms with Gasteiger partial charge >= 0.3 is 0 Å². The molecule has 3 aliphatic rings. The van der Waals surface area contributed by atoms with E-state index in [0.717, 1.165) is 17.5 Å². The van der Waals surface area contributed by atoms with Gasteiger partial charge in [-0.25, -0.2) is 4.68 Å². The van der Waals surface area contributed by atoms with Gasteiger partial charge in [0.25, 0.3) is 0 Å². The predicted molar refractivity (Wildman–Crippen MR) is 113 cm³/mol. The van der Waals surface area contributed by atoms with E-state index in [0.29, 0.717) is 6.42 Å². The molecule has 2 bridgehead atoms. The molecule has 31 heavy (non-hydrogen) atoms. The number of fused-ring (bicyclic) bond motifs is 2. The maximum absolute atomic E-state index is 13.4. The minimum absolute atomic E-state index is 0.0275. The number of nitrogens with one attached hydrogen (secondary N) is 2. The van der Waals surface area contributed by atoms with Crippen molar-refractivity contribution in [1.82, 2.24) is 30.5 Å². The number of para-hydroxylation sites is 1. The molecule has 3 saturated heterocycles. The standard InChI is InChI=1S/C20H24N6O4S/c1-21-17(28)14-13-6-7-20(31-13)15(14)19(30)25(8-9-27)16(20)18(29)22-10-26-12-5-3-2-4-11(12)23-24-26/h2-5,13-16,27H,6-10H2,1H3,(H,21,28)(H,22,29)/t13-,14+,15+,16?,20?/m1/s1. The van der Waals surface area contributed by atoms with Crippen LogP contribution < -0.4 is 10.6 Å². The van der Waals surface area contributed by atoms with Crippen molar-refractivity contribution >= 4 is 40.5 Å². The molecule has 5 atom stereocenters. The molecule has 2 aromatic rings. The minimum atomic E-state index is -0.739. The van der Waals surface area contributed by atoms with Gasteiger partial charge in [0, 0.05) is 18.8 Å². The van der Waals surface area contributed by atoms with Crippen molar-refractivity contribution in [2.24, 2.45) is 11.8 Å². The van der Waals surface area contributed by atoms with E-state index in [1.54, 1.807) is 23.5 Å². The van der Waals surface area contributed by atoms with E-state index in [-0.39, 0.29) is 42.8 Å². The summed E-state index contributed by atoms with van der Waals surface area (Å²) >= 11 is 1.60. The van der Waals surface area contributed by atoms with Crippen LogP contribution in [-0.4, -0.2) is 79.0 Å². The van der Waals surface area contributed by atoms with Crippen LogP contribution in [0.3, 0.4) is 0 Å². The Labute approximate surface area is 182 Å². The summed E-state index contributed by atoms with van der Waals surface area (Å²) in [5.41, 5.74) is 1.52. The molecule has 10 nitrogen and oxygen atoms in total. The van der Waals surface area contributed by atoms with E-state index < -0.39 is 22.6 Å². The summed E-state index contributed by atoms with van der Waals surface area (Å²) < 4.78 is 0.949. The van der Waals surface area contributed by atoms with E-state index >= 15 is 0 Å². The minimum Gasteiger partial charge on any atom is -0.395 e. The quantitative estimate of drug-likeness (QED) is 0.539. The maximum atomic E-state index is 13.4. The number of thioether (sulfide) groups is 1. The summed E-state index contributed by atoms with van der Waals surface area (Å²) in [6.07, 6.45) is 1.48. The molecule has 11 heteroatoms. The number of β-amino-alcohol motifs (C(OH)–C–C–N with tert-alkyl or cyclic N) is 1. The third-order valence-corrected chi connectivity index (χ3v) is 8.71. The van der Waals surface area contributed by atoms with Gasteiger partial charge < -0.3 is 20.6 Å². The highest BCUT2D eigenvalue weighted by Crippen LogP contribution is 2.66. The molecule has 4 heterocycles. The monoisotopic (exact) mass is 444 g/mol. The summed E-state index contributed by atoms with van der Waals surface area (Å²) in [7, 11) is 1.57. The van der Waals surface area contributed by atoms with Gasteiger partial charge in [-0.1, -0.05) is 17.3 Å². The Morgan fingerprint density at radius 1 is 1.32 bits per heavy atom. The first-order valence-electron chi connectivity index (χ1n) is 10.4. The second kappa shape index (κ2) is 7.49. The SMILES string of the molecule is CNC(=O)[C@@H]1[C@H]2C(=O)N(CCO)C(C(=O)NCn3nnc4ccccc43)C23CC[C@H]1S3. The first kappa shape index (κ1) is 20.3. The Hall–Kier alpha value is -2.66. The Kier molecular flexibility index (Phi) is 4.89. The number of amides is 3. The number of hydrogen-bond acceptors (Lipinski definition) is 7. The zero-order valence-corrected chi connectivity index (χ0v) is 17.8. The predicted octanol–water partition coefficient (Wildman–Crippen LogP) is -0.665. The molecule has 3 amide bonds. The number of aliphatic hydroxyl groups excluding tert-OH is 1. The van der Waals surface area contributed by atoms with Crippen LogP contribution in [0.2, 0.25) is 0 Å². The molecule has 1 aromatic carbocycles. The van der Waals surface area contributed by atoms with Crippen LogP contribution in [0.4, 0.5) is 0 Å². The highest BCUT2D eigenvalue weighted by molar-refractivity contribution is 8.02. The third-order valence-electron chi connectivity index (χ3n) is 6.76. The first-order valence-corrected chi connectivity index (χ1v) is 11.3. The molecule has 1 aromatic heterocycles. The fourth-order valence-electron chi connectivity index (χ4n) is 5.55. The lowest BCUT2D eigenvalue weighted by atomic mass is 9.71. The van der Waals surface area contributed by atoms with Gasteiger partial charge in [-0.05, 0) is 25.0 Å². The Morgan fingerprint density at radius 2 is 2.13 bits per heavy atom. The van der Waals surface area contributed by atoms with Gasteiger partial charge in [0.1, 0.15) is 18.2 Å². The molecular formula is C20H24N6O4S. The molecule has 3 fully saturated rings. The fourth-order valence-corrected chi connectivity index (χ4v) is 7.77. The van der Waals surface area contributed by atoms with Crippen molar-refractivity contribution in [3.05, 3.63) is 24.3 Å². The smallest absolute Gasteiger partial charge is 0.245 e. The van der Waals surface area contributed by atoms with E-state index in [9.17, 15) is 19.5 Å². The zero-order chi connectivity index (χ0) is 21.8. The van der Waals surface area contributed by atoms with Gasteiger partial charge in [-0.3, -0.25) is 14.4 Å². The molecule has 5 rings (SSSR count). The second-order valence-corrected chi connectivity index (χ2v) is 9.80. The van der Waals surface area contributed by atoms with Gasteiger partial charge in [-0.15, -0.1) is 16.9 Å². The van der Waals surface area contributed by atoms with Crippen LogP contribution in [-0.2, 0) is 21.1 Å². The number of hydrogen-bond donors (Lipinski definition) is 3. The van der Waals surface area contributed by atoms with E-state index in [2.05, 4.69) is 20.9 Å². The number of carbonyl (C=O) groups excluding carboxylic acids is 3. The highest BCUT2D eigenvalue weighted by atomic mass is 32.2.